The predicted octanol–water partition coefficient (Wildman–Crippen LogP) is 3.57. The van der Waals surface area contributed by atoms with Crippen LogP contribution in [0.3, 0.4) is 0 Å². The Bertz CT molecular complexity index is 702. The Morgan fingerprint density at radius 1 is 0.792 bits per heavy atom. The lowest BCUT2D eigenvalue weighted by Crippen LogP contribution is -2.23. The topological polar surface area (TPSA) is 54.2 Å². The van der Waals surface area contributed by atoms with E-state index in [1.54, 1.807) is 6.20 Å². The molecule has 0 aliphatic carbocycles. The van der Waals surface area contributed by atoms with E-state index in [4.69, 9.17) is 5.84 Å². The summed E-state index contributed by atoms with van der Waals surface area (Å²) in [5.41, 5.74) is 7.14. The van der Waals surface area contributed by atoms with E-state index < -0.39 is 0 Å². The molecular formula is C20H22N4. The highest BCUT2D eigenvalue weighted by atomic mass is 15.2. The molecule has 0 saturated carbocycles. The van der Waals surface area contributed by atoms with Gasteiger partial charge in [0.05, 0.1) is 11.4 Å². The van der Waals surface area contributed by atoms with Crippen LogP contribution in [0.4, 0.5) is 5.69 Å². The van der Waals surface area contributed by atoms with E-state index in [2.05, 4.69) is 63.8 Å². The van der Waals surface area contributed by atoms with Crippen molar-refractivity contribution >= 4 is 5.69 Å². The van der Waals surface area contributed by atoms with Crippen LogP contribution in [-0.4, -0.2) is 9.88 Å². The molecule has 2 aromatic carbocycles. The zero-order valence-corrected chi connectivity index (χ0v) is 13.6. The molecule has 0 radical (unpaired) electrons. The SMILES string of the molecule is NNc1ccnc(CN(Cc2ccccc2)Cc2ccccc2)c1. The highest BCUT2D eigenvalue weighted by Crippen LogP contribution is 2.15. The molecule has 0 saturated heterocycles. The Hall–Kier alpha value is -2.69. The van der Waals surface area contributed by atoms with Gasteiger partial charge in [-0.2, -0.15) is 0 Å². The van der Waals surface area contributed by atoms with Gasteiger partial charge < -0.3 is 5.43 Å². The van der Waals surface area contributed by atoms with Gasteiger partial charge in [-0.1, -0.05) is 60.7 Å². The molecule has 0 atom stereocenters. The first kappa shape index (κ1) is 16.2. The molecule has 4 heteroatoms. The summed E-state index contributed by atoms with van der Waals surface area (Å²) in [6.07, 6.45) is 1.79. The fourth-order valence-electron chi connectivity index (χ4n) is 2.73. The molecule has 3 N–H and O–H groups in total. The van der Waals surface area contributed by atoms with Crippen LogP contribution in [0.15, 0.2) is 79.0 Å². The lowest BCUT2D eigenvalue weighted by molar-refractivity contribution is 0.245. The smallest absolute Gasteiger partial charge is 0.0565 e. The number of nitrogens with two attached hydrogens (primary N) is 1. The van der Waals surface area contributed by atoms with Crippen LogP contribution < -0.4 is 11.3 Å². The number of nitrogens with one attached hydrogen (secondary N) is 1. The summed E-state index contributed by atoms with van der Waals surface area (Å²) < 4.78 is 0. The summed E-state index contributed by atoms with van der Waals surface area (Å²) in [5.74, 6) is 5.51. The van der Waals surface area contributed by atoms with Crippen molar-refractivity contribution in [3.63, 3.8) is 0 Å². The number of rotatable bonds is 7. The molecular weight excluding hydrogens is 296 g/mol. The van der Waals surface area contributed by atoms with Crippen molar-refractivity contribution in [2.24, 2.45) is 5.84 Å². The van der Waals surface area contributed by atoms with Gasteiger partial charge in [-0.15, -0.1) is 0 Å². The van der Waals surface area contributed by atoms with Crippen molar-refractivity contribution in [3.8, 4) is 0 Å². The number of pyridine rings is 1. The Kier molecular flexibility index (Phi) is 5.56. The summed E-state index contributed by atoms with van der Waals surface area (Å²) in [4.78, 5) is 6.86. The molecule has 3 rings (SSSR count). The van der Waals surface area contributed by atoms with Gasteiger partial charge in [0.2, 0.25) is 0 Å². The zero-order chi connectivity index (χ0) is 16.6. The lowest BCUT2D eigenvalue weighted by atomic mass is 10.1. The molecule has 0 fully saturated rings. The number of nitrogen functional groups attached to an aromatic ring is 1. The first-order chi connectivity index (χ1) is 11.8. The molecule has 1 aromatic heterocycles. The monoisotopic (exact) mass is 318 g/mol. The molecule has 0 spiro atoms. The predicted molar refractivity (Wildman–Crippen MR) is 97.9 cm³/mol. The van der Waals surface area contributed by atoms with E-state index in [1.165, 1.54) is 11.1 Å². The molecule has 4 nitrogen and oxygen atoms in total. The number of hydrazine groups is 1. The van der Waals surface area contributed by atoms with E-state index >= 15 is 0 Å². The van der Waals surface area contributed by atoms with E-state index in [1.807, 2.05) is 24.3 Å². The molecule has 3 aromatic rings. The number of hydrogen-bond donors (Lipinski definition) is 2. The quantitative estimate of drug-likeness (QED) is 0.516. The van der Waals surface area contributed by atoms with Crippen LogP contribution >= 0.6 is 0 Å². The molecule has 24 heavy (non-hydrogen) atoms. The second-order valence-electron chi connectivity index (χ2n) is 5.80. The third-order valence-electron chi connectivity index (χ3n) is 3.87. The van der Waals surface area contributed by atoms with Crippen molar-refractivity contribution in [1.82, 2.24) is 9.88 Å². The first-order valence-corrected chi connectivity index (χ1v) is 8.05. The Labute approximate surface area is 142 Å². The van der Waals surface area contributed by atoms with Gasteiger partial charge in [0.25, 0.3) is 0 Å². The van der Waals surface area contributed by atoms with Crippen LogP contribution in [0.25, 0.3) is 0 Å². The highest BCUT2D eigenvalue weighted by molar-refractivity contribution is 5.41. The zero-order valence-electron chi connectivity index (χ0n) is 13.6. The third-order valence-corrected chi connectivity index (χ3v) is 3.87. The van der Waals surface area contributed by atoms with E-state index in [-0.39, 0.29) is 0 Å². The lowest BCUT2D eigenvalue weighted by Gasteiger charge is -2.22. The second-order valence-corrected chi connectivity index (χ2v) is 5.80. The second kappa shape index (κ2) is 8.24. The molecule has 0 bridgehead atoms. The van der Waals surface area contributed by atoms with E-state index in [0.29, 0.717) is 0 Å². The Balaban J connectivity index is 1.78. The molecule has 1 heterocycles. The van der Waals surface area contributed by atoms with E-state index in [0.717, 1.165) is 31.0 Å². The molecule has 0 aliphatic rings. The summed E-state index contributed by atoms with van der Waals surface area (Å²) in [5, 5.41) is 0. The molecule has 0 aliphatic heterocycles. The maximum atomic E-state index is 5.51. The van der Waals surface area contributed by atoms with E-state index in [9.17, 15) is 0 Å². The largest absolute Gasteiger partial charge is 0.324 e. The van der Waals surface area contributed by atoms with Crippen molar-refractivity contribution in [1.29, 1.82) is 0 Å². The van der Waals surface area contributed by atoms with Gasteiger partial charge in [0.1, 0.15) is 0 Å². The minimum absolute atomic E-state index is 0.763. The van der Waals surface area contributed by atoms with Crippen LogP contribution in [0.1, 0.15) is 16.8 Å². The summed E-state index contributed by atoms with van der Waals surface area (Å²) in [6.45, 7) is 2.51. The Morgan fingerprint density at radius 3 is 1.92 bits per heavy atom. The van der Waals surface area contributed by atoms with Crippen molar-refractivity contribution in [2.45, 2.75) is 19.6 Å². The number of nitrogens with zero attached hydrogens (tertiary/aromatic N) is 2. The van der Waals surface area contributed by atoms with Gasteiger partial charge >= 0.3 is 0 Å². The molecule has 0 amide bonds. The van der Waals surface area contributed by atoms with Crippen LogP contribution in [0.5, 0.6) is 0 Å². The van der Waals surface area contributed by atoms with Gasteiger partial charge in [-0.25, -0.2) is 0 Å². The summed E-state index contributed by atoms with van der Waals surface area (Å²) in [7, 11) is 0. The summed E-state index contributed by atoms with van der Waals surface area (Å²) >= 11 is 0. The minimum Gasteiger partial charge on any atom is -0.324 e. The normalized spacial score (nSPS) is 10.8. The maximum absolute atomic E-state index is 5.51. The molecule has 0 unspecified atom stereocenters. The maximum Gasteiger partial charge on any atom is 0.0565 e. The number of aromatic nitrogens is 1. The first-order valence-electron chi connectivity index (χ1n) is 8.05. The van der Waals surface area contributed by atoms with Gasteiger partial charge in [0, 0.05) is 25.8 Å². The fraction of sp³-hybridized carbons (Fsp3) is 0.150. The third kappa shape index (κ3) is 4.65. The fourth-order valence-corrected chi connectivity index (χ4v) is 2.73. The Morgan fingerprint density at radius 2 is 1.38 bits per heavy atom. The minimum atomic E-state index is 0.763. The van der Waals surface area contributed by atoms with Crippen molar-refractivity contribution < 1.29 is 0 Å². The average molecular weight is 318 g/mol. The number of hydrogen-bond acceptors (Lipinski definition) is 4. The van der Waals surface area contributed by atoms with Crippen molar-refractivity contribution in [2.75, 3.05) is 5.43 Å². The number of benzene rings is 2. The van der Waals surface area contributed by atoms with Crippen LogP contribution in [0, 0.1) is 0 Å². The van der Waals surface area contributed by atoms with Gasteiger partial charge in [0.15, 0.2) is 0 Å². The van der Waals surface area contributed by atoms with Gasteiger partial charge in [-0.05, 0) is 23.3 Å². The highest BCUT2D eigenvalue weighted by Gasteiger charge is 2.09. The standard InChI is InChI=1S/C20H22N4/c21-23-19-11-12-22-20(13-19)16-24(14-17-7-3-1-4-8-17)15-18-9-5-2-6-10-18/h1-13H,14-16,21H2,(H,22,23). The number of anilines is 1. The average Bonchev–Trinajstić information content (AvgIpc) is 2.63. The summed E-state index contributed by atoms with van der Waals surface area (Å²) in [6, 6.07) is 24.9. The van der Waals surface area contributed by atoms with Gasteiger partial charge in [-0.3, -0.25) is 15.7 Å². The van der Waals surface area contributed by atoms with Crippen molar-refractivity contribution in [3.05, 3.63) is 95.8 Å². The van der Waals surface area contributed by atoms with Crippen LogP contribution in [-0.2, 0) is 19.6 Å². The molecule has 122 valence electrons. The van der Waals surface area contributed by atoms with Crippen LogP contribution in [0.2, 0.25) is 0 Å².